The Morgan fingerprint density at radius 2 is 1.70 bits per heavy atom. The summed E-state index contributed by atoms with van der Waals surface area (Å²) in [4.78, 5) is 17.0. The maximum atomic E-state index is 12.6. The van der Waals surface area contributed by atoms with Gasteiger partial charge in [0.25, 0.3) is 0 Å². The van der Waals surface area contributed by atoms with E-state index in [9.17, 15) is 9.90 Å². The number of amides is 2. The van der Waals surface area contributed by atoms with Crippen molar-refractivity contribution in [1.29, 1.82) is 0 Å². The van der Waals surface area contributed by atoms with Crippen LogP contribution in [-0.2, 0) is 11.8 Å². The van der Waals surface area contributed by atoms with E-state index >= 15 is 0 Å². The molecule has 2 amide bonds. The molecular weight excluding hydrogens is 427 g/mol. The van der Waals surface area contributed by atoms with E-state index in [4.69, 9.17) is 27.7 Å². The third-order valence-corrected chi connectivity index (χ3v) is 4.99. The van der Waals surface area contributed by atoms with Crippen molar-refractivity contribution in [2.45, 2.75) is 31.7 Å². The smallest absolute Gasteiger partial charge is 0.319 e. The lowest BCUT2D eigenvalue weighted by atomic mass is 9.95. The number of rotatable bonds is 7. The number of hydrogen-bond donors (Lipinski definition) is 3. The Balaban J connectivity index is 1.80. The number of halogens is 2. The van der Waals surface area contributed by atoms with Gasteiger partial charge in [0, 0.05) is 22.2 Å². The fraction of sp³-hybridized carbons (Fsp3) is 0.286. The van der Waals surface area contributed by atoms with Gasteiger partial charge >= 0.3 is 6.03 Å². The predicted molar refractivity (Wildman–Crippen MR) is 116 cm³/mol. The zero-order chi connectivity index (χ0) is 21.7. The van der Waals surface area contributed by atoms with Gasteiger partial charge in [0.15, 0.2) is 5.82 Å². The Morgan fingerprint density at radius 3 is 2.30 bits per heavy atom. The first-order chi connectivity index (χ1) is 14.3. The van der Waals surface area contributed by atoms with Crippen molar-refractivity contribution >= 4 is 34.9 Å². The van der Waals surface area contributed by atoms with E-state index in [-0.39, 0.29) is 6.61 Å². The summed E-state index contributed by atoms with van der Waals surface area (Å²) in [5.74, 6) is 0.605. The Morgan fingerprint density at radius 1 is 1.10 bits per heavy atom. The maximum absolute atomic E-state index is 12.6. The Labute approximate surface area is 184 Å². The molecular formula is C21H22Cl2N4O3. The summed E-state index contributed by atoms with van der Waals surface area (Å²) in [7, 11) is 0. The third-order valence-electron chi connectivity index (χ3n) is 4.49. The van der Waals surface area contributed by atoms with Crippen LogP contribution in [0.5, 0.6) is 0 Å². The van der Waals surface area contributed by atoms with Gasteiger partial charge in [-0.15, -0.1) is 0 Å². The van der Waals surface area contributed by atoms with Crippen LogP contribution >= 0.6 is 23.2 Å². The quantitative estimate of drug-likeness (QED) is 0.483. The van der Waals surface area contributed by atoms with Crippen LogP contribution in [0.4, 0.5) is 10.5 Å². The van der Waals surface area contributed by atoms with Crippen molar-refractivity contribution in [3.8, 4) is 0 Å². The van der Waals surface area contributed by atoms with Crippen LogP contribution in [0.2, 0.25) is 10.0 Å². The van der Waals surface area contributed by atoms with Crippen molar-refractivity contribution in [2.24, 2.45) is 0 Å². The van der Waals surface area contributed by atoms with E-state index in [0.29, 0.717) is 33.9 Å². The molecule has 0 saturated heterocycles. The molecule has 3 rings (SSSR count). The second-order valence-electron chi connectivity index (χ2n) is 7.49. The average Bonchev–Trinajstić information content (AvgIpc) is 3.22. The summed E-state index contributed by atoms with van der Waals surface area (Å²) < 4.78 is 5.34. The number of carbonyl (C=O) groups excluding carboxylic acids is 1. The van der Waals surface area contributed by atoms with Crippen molar-refractivity contribution in [2.75, 3.05) is 11.9 Å². The maximum Gasteiger partial charge on any atom is 0.319 e. The zero-order valence-electron chi connectivity index (χ0n) is 16.5. The third kappa shape index (κ3) is 5.72. The molecule has 0 aliphatic rings. The number of aliphatic hydroxyl groups excluding tert-OH is 1. The lowest BCUT2D eigenvalue weighted by Crippen LogP contribution is -2.34. The van der Waals surface area contributed by atoms with Crippen molar-refractivity contribution in [3.05, 3.63) is 75.9 Å². The molecule has 0 spiro atoms. The first kappa shape index (κ1) is 22.1. The highest BCUT2D eigenvalue weighted by atomic mass is 35.5. The molecule has 2 aromatic carbocycles. The molecule has 7 nitrogen and oxygen atoms in total. The lowest BCUT2D eigenvalue weighted by molar-refractivity contribution is 0.182. The van der Waals surface area contributed by atoms with Gasteiger partial charge in [0.2, 0.25) is 5.89 Å². The first-order valence-electron chi connectivity index (χ1n) is 9.29. The normalized spacial score (nSPS) is 12.4. The molecule has 0 fully saturated rings. The highest BCUT2D eigenvalue weighted by Crippen LogP contribution is 2.24. The number of aliphatic hydroxyl groups is 1. The number of urea groups is 1. The van der Waals surface area contributed by atoms with E-state index < -0.39 is 17.5 Å². The van der Waals surface area contributed by atoms with Crippen LogP contribution in [0.3, 0.4) is 0 Å². The van der Waals surface area contributed by atoms with E-state index in [1.54, 1.807) is 50.2 Å². The molecule has 1 aromatic heterocycles. The van der Waals surface area contributed by atoms with Crippen LogP contribution < -0.4 is 10.6 Å². The topological polar surface area (TPSA) is 100 Å². The van der Waals surface area contributed by atoms with E-state index in [1.165, 1.54) is 0 Å². The second kappa shape index (κ2) is 9.47. The van der Waals surface area contributed by atoms with Gasteiger partial charge in [-0.1, -0.05) is 40.5 Å². The van der Waals surface area contributed by atoms with Gasteiger partial charge in [0.1, 0.15) is 0 Å². The molecule has 0 aliphatic heterocycles. The van der Waals surface area contributed by atoms with Crippen molar-refractivity contribution in [1.82, 2.24) is 15.5 Å². The molecule has 0 saturated carbocycles. The summed E-state index contributed by atoms with van der Waals surface area (Å²) in [6.07, 6.45) is 0.420. The minimum atomic E-state index is -0.693. The van der Waals surface area contributed by atoms with Gasteiger partial charge in [-0.3, -0.25) is 0 Å². The summed E-state index contributed by atoms with van der Waals surface area (Å²) in [5.41, 5.74) is 0.836. The number of aromatic nitrogens is 2. The van der Waals surface area contributed by atoms with E-state index in [1.807, 2.05) is 12.1 Å². The zero-order valence-corrected chi connectivity index (χ0v) is 18.0. The molecule has 0 radical (unpaired) electrons. The van der Waals surface area contributed by atoms with E-state index in [2.05, 4.69) is 20.8 Å². The summed E-state index contributed by atoms with van der Waals surface area (Å²) in [5, 5.41) is 20.4. The summed E-state index contributed by atoms with van der Waals surface area (Å²) in [6, 6.07) is 13.1. The van der Waals surface area contributed by atoms with Gasteiger partial charge in [-0.25, -0.2) is 4.79 Å². The Bertz CT molecular complexity index is 988. The van der Waals surface area contributed by atoms with E-state index in [0.717, 1.165) is 5.56 Å². The summed E-state index contributed by atoms with van der Waals surface area (Å²) >= 11 is 11.9. The van der Waals surface area contributed by atoms with Crippen molar-refractivity contribution < 1.29 is 14.4 Å². The minimum absolute atomic E-state index is 0.152. The second-order valence-corrected chi connectivity index (χ2v) is 8.36. The Hall–Kier alpha value is -2.61. The fourth-order valence-corrected chi connectivity index (χ4v) is 2.89. The largest absolute Gasteiger partial charge is 0.395 e. The molecule has 1 heterocycles. The van der Waals surface area contributed by atoms with Crippen LogP contribution in [0.15, 0.2) is 53.1 Å². The average molecular weight is 449 g/mol. The van der Waals surface area contributed by atoms with Gasteiger partial charge in [0.05, 0.1) is 18.1 Å². The molecule has 30 heavy (non-hydrogen) atoms. The molecule has 1 unspecified atom stereocenters. The number of benzene rings is 2. The number of hydrogen-bond acceptors (Lipinski definition) is 5. The minimum Gasteiger partial charge on any atom is -0.395 e. The van der Waals surface area contributed by atoms with Gasteiger partial charge < -0.3 is 20.3 Å². The number of nitrogens with zero attached hydrogens (tertiary/aromatic N) is 2. The lowest BCUT2D eigenvalue weighted by Gasteiger charge is -2.17. The van der Waals surface area contributed by atoms with Crippen LogP contribution in [0, 0.1) is 0 Å². The molecule has 0 aliphatic carbocycles. The Kier molecular flexibility index (Phi) is 6.97. The predicted octanol–water partition coefficient (Wildman–Crippen LogP) is 4.75. The highest BCUT2D eigenvalue weighted by Gasteiger charge is 2.29. The number of nitrogens with one attached hydrogen (secondary N) is 2. The molecule has 0 bridgehead atoms. The number of carbonyl (C=O) groups is 1. The highest BCUT2D eigenvalue weighted by molar-refractivity contribution is 6.30. The summed E-state index contributed by atoms with van der Waals surface area (Å²) in [6.45, 7) is 3.43. The van der Waals surface area contributed by atoms with Crippen molar-refractivity contribution in [3.63, 3.8) is 0 Å². The molecule has 9 heteroatoms. The van der Waals surface area contributed by atoms with Gasteiger partial charge in [-0.2, -0.15) is 4.98 Å². The van der Waals surface area contributed by atoms with Crippen LogP contribution in [-0.4, -0.2) is 27.9 Å². The fourth-order valence-electron chi connectivity index (χ4n) is 2.64. The SMILES string of the molecule is CC(C)(CO)c1nc(C(Cc2ccc(Cl)cc2)NC(=O)Nc2ccc(Cl)cc2)no1. The van der Waals surface area contributed by atoms with Crippen LogP contribution in [0.1, 0.15) is 37.2 Å². The number of anilines is 1. The first-order valence-corrected chi connectivity index (χ1v) is 10.0. The molecule has 1 atom stereocenters. The van der Waals surface area contributed by atoms with Gasteiger partial charge in [-0.05, 0) is 55.8 Å². The molecule has 3 N–H and O–H groups in total. The molecule has 158 valence electrons. The monoisotopic (exact) mass is 448 g/mol. The molecule has 3 aromatic rings. The standard InChI is InChI=1S/C21H22Cl2N4O3/c1-21(2,12-28)19-26-18(27-30-19)17(11-13-3-5-14(22)6-4-13)25-20(29)24-16-9-7-15(23)8-10-16/h3-10,17,28H,11-12H2,1-2H3,(H2,24,25,29). The van der Waals surface area contributed by atoms with Crippen LogP contribution in [0.25, 0.3) is 0 Å².